The van der Waals surface area contributed by atoms with Gasteiger partial charge in [0.15, 0.2) is 0 Å². The zero-order valence-corrected chi connectivity index (χ0v) is 13.3. The average molecular weight is 315 g/mol. The third-order valence-corrected chi connectivity index (χ3v) is 5.06. The molecule has 4 heteroatoms. The molecule has 1 aliphatic rings. The molecule has 1 atom stereocenters. The summed E-state index contributed by atoms with van der Waals surface area (Å²) >= 11 is 1.56. The van der Waals surface area contributed by atoms with Gasteiger partial charge in [-0.05, 0) is 48.1 Å². The van der Waals surface area contributed by atoms with Gasteiger partial charge in [0.1, 0.15) is 0 Å². The lowest BCUT2D eigenvalue weighted by Crippen LogP contribution is -2.38. The predicted molar refractivity (Wildman–Crippen MR) is 91.0 cm³/mol. The molecule has 2 aromatic carbocycles. The van der Waals surface area contributed by atoms with E-state index in [-0.39, 0.29) is 18.6 Å². The van der Waals surface area contributed by atoms with Gasteiger partial charge in [-0.3, -0.25) is 4.79 Å². The quantitative estimate of drug-likeness (QED) is 0.771. The summed E-state index contributed by atoms with van der Waals surface area (Å²) in [4.78, 5) is 13.2. The largest absolute Gasteiger partial charge is 0.396 e. The van der Waals surface area contributed by atoms with Crippen LogP contribution in [0.3, 0.4) is 0 Å². The van der Waals surface area contributed by atoms with Crippen LogP contribution in [-0.2, 0) is 4.79 Å². The number of thioether (sulfide) groups is 1. The first-order chi connectivity index (χ1) is 10.8. The molecule has 1 unspecified atom stereocenters. The standard InChI is InChI=1S/C18H21NO2S/c20-10-9-17(14-5-6-14)19-18(21)12-22-16-8-7-13-3-1-2-4-15(13)11-16/h1-4,7-8,11,14,17,20H,5-6,9-10,12H2,(H,19,21). The van der Waals surface area contributed by atoms with E-state index in [0.29, 0.717) is 18.1 Å². The molecule has 3 rings (SSSR count). The highest BCUT2D eigenvalue weighted by molar-refractivity contribution is 8.00. The van der Waals surface area contributed by atoms with Crippen LogP contribution >= 0.6 is 11.8 Å². The van der Waals surface area contributed by atoms with Crippen molar-refractivity contribution in [3.63, 3.8) is 0 Å². The molecular weight excluding hydrogens is 294 g/mol. The Labute approximate surface area is 135 Å². The van der Waals surface area contributed by atoms with E-state index in [1.807, 2.05) is 12.1 Å². The molecule has 3 nitrogen and oxygen atoms in total. The van der Waals surface area contributed by atoms with Crippen molar-refractivity contribution >= 4 is 28.4 Å². The lowest BCUT2D eigenvalue weighted by Gasteiger charge is -2.17. The van der Waals surface area contributed by atoms with E-state index in [4.69, 9.17) is 5.11 Å². The van der Waals surface area contributed by atoms with Crippen molar-refractivity contribution < 1.29 is 9.90 Å². The van der Waals surface area contributed by atoms with Crippen molar-refractivity contribution in [2.45, 2.75) is 30.2 Å². The first-order valence-corrected chi connectivity index (χ1v) is 8.76. The monoisotopic (exact) mass is 315 g/mol. The lowest BCUT2D eigenvalue weighted by atomic mass is 10.1. The Morgan fingerprint density at radius 1 is 1.23 bits per heavy atom. The highest BCUT2D eigenvalue weighted by Gasteiger charge is 2.31. The second kappa shape index (κ2) is 7.16. The second-order valence-electron chi connectivity index (χ2n) is 5.82. The molecule has 0 radical (unpaired) electrons. The molecule has 0 aliphatic heterocycles. The first-order valence-electron chi connectivity index (χ1n) is 7.78. The fourth-order valence-corrected chi connectivity index (χ4v) is 3.47. The molecule has 1 saturated carbocycles. The van der Waals surface area contributed by atoms with Gasteiger partial charge in [-0.1, -0.05) is 30.3 Å². The van der Waals surface area contributed by atoms with Crippen LogP contribution in [0, 0.1) is 5.92 Å². The molecule has 22 heavy (non-hydrogen) atoms. The van der Waals surface area contributed by atoms with Crippen molar-refractivity contribution in [2.75, 3.05) is 12.4 Å². The first kappa shape index (κ1) is 15.4. The van der Waals surface area contributed by atoms with Crippen LogP contribution in [0.2, 0.25) is 0 Å². The summed E-state index contributed by atoms with van der Waals surface area (Å²) in [7, 11) is 0. The van der Waals surface area contributed by atoms with Crippen LogP contribution in [0.5, 0.6) is 0 Å². The van der Waals surface area contributed by atoms with Gasteiger partial charge in [-0.15, -0.1) is 11.8 Å². The van der Waals surface area contributed by atoms with E-state index < -0.39 is 0 Å². The number of aliphatic hydroxyl groups is 1. The van der Waals surface area contributed by atoms with Gasteiger partial charge in [0.2, 0.25) is 5.91 Å². The van der Waals surface area contributed by atoms with Crippen molar-refractivity contribution in [1.82, 2.24) is 5.32 Å². The summed E-state index contributed by atoms with van der Waals surface area (Å²) in [6.45, 7) is 0.138. The number of hydrogen-bond acceptors (Lipinski definition) is 3. The van der Waals surface area contributed by atoms with Gasteiger partial charge in [0.25, 0.3) is 0 Å². The maximum atomic E-state index is 12.1. The molecule has 1 amide bonds. The van der Waals surface area contributed by atoms with E-state index in [1.165, 1.54) is 23.6 Å². The molecule has 0 bridgehead atoms. The van der Waals surface area contributed by atoms with Crippen molar-refractivity contribution in [3.05, 3.63) is 42.5 Å². The summed E-state index contributed by atoms with van der Waals surface area (Å²) in [5.41, 5.74) is 0. The van der Waals surface area contributed by atoms with Crippen LogP contribution in [-0.4, -0.2) is 29.4 Å². The smallest absolute Gasteiger partial charge is 0.230 e. The Morgan fingerprint density at radius 2 is 2.00 bits per heavy atom. The molecule has 116 valence electrons. The zero-order chi connectivity index (χ0) is 15.4. The van der Waals surface area contributed by atoms with Gasteiger partial charge < -0.3 is 10.4 Å². The molecule has 2 N–H and O–H groups in total. The minimum atomic E-state index is 0.0588. The summed E-state index contributed by atoms with van der Waals surface area (Å²) in [6, 6.07) is 14.7. The summed E-state index contributed by atoms with van der Waals surface area (Å²) < 4.78 is 0. The highest BCUT2D eigenvalue weighted by atomic mass is 32.2. The number of hydrogen-bond donors (Lipinski definition) is 2. The van der Waals surface area contributed by atoms with Gasteiger partial charge in [-0.25, -0.2) is 0 Å². The number of amides is 1. The molecule has 1 fully saturated rings. The fraction of sp³-hybridized carbons (Fsp3) is 0.389. The minimum absolute atomic E-state index is 0.0588. The minimum Gasteiger partial charge on any atom is -0.396 e. The van der Waals surface area contributed by atoms with Crippen molar-refractivity contribution in [2.24, 2.45) is 5.92 Å². The summed E-state index contributed by atoms with van der Waals surface area (Å²) in [5.74, 6) is 1.05. The van der Waals surface area contributed by atoms with E-state index in [9.17, 15) is 4.79 Å². The van der Waals surface area contributed by atoms with Crippen molar-refractivity contribution in [1.29, 1.82) is 0 Å². The maximum absolute atomic E-state index is 12.1. The van der Waals surface area contributed by atoms with E-state index >= 15 is 0 Å². The Balaban J connectivity index is 1.55. The summed E-state index contributed by atoms with van der Waals surface area (Å²) in [6.07, 6.45) is 3.00. The Hall–Kier alpha value is -1.52. The maximum Gasteiger partial charge on any atom is 0.230 e. The number of carbonyl (C=O) groups excluding carboxylic acids is 1. The fourth-order valence-electron chi connectivity index (χ4n) is 2.72. The average Bonchev–Trinajstić information content (AvgIpc) is 3.37. The molecule has 0 aromatic heterocycles. The van der Waals surface area contributed by atoms with E-state index in [1.54, 1.807) is 11.8 Å². The SMILES string of the molecule is O=C(CSc1ccc2ccccc2c1)NC(CCO)C1CC1. The lowest BCUT2D eigenvalue weighted by molar-refractivity contribution is -0.119. The van der Waals surface area contributed by atoms with Gasteiger partial charge >= 0.3 is 0 Å². The number of rotatable bonds is 7. The molecule has 0 spiro atoms. The van der Waals surface area contributed by atoms with Gasteiger partial charge in [0.05, 0.1) is 5.75 Å². The highest BCUT2D eigenvalue weighted by Crippen LogP contribution is 2.34. The van der Waals surface area contributed by atoms with Crippen LogP contribution in [0.25, 0.3) is 10.8 Å². The molecule has 0 saturated heterocycles. The zero-order valence-electron chi connectivity index (χ0n) is 12.5. The molecule has 2 aromatic rings. The number of aliphatic hydroxyl groups excluding tert-OH is 1. The number of fused-ring (bicyclic) bond motifs is 1. The third kappa shape index (κ3) is 4.02. The van der Waals surface area contributed by atoms with E-state index in [2.05, 4.69) is 35.6 Å². The topological polar surface area (TPSA) is 49.3 Å². The Morgan fingerprint density at radius 3 is 2.73 bits per heavy atom. The number of benzene rings is 2. The number of carbonyl (C=O) groups is 1. The Kier molecular flexibility index (Phi) is 5.01. The van der Waals surface area contributed by atoms with E-state index in [0.717, 1.165) is 4.90 Å². The van der Waals surface area contributed by atoms with Crippen LogP contribution < -0.4 is 5.32 Å². The van der Waals surface area contributed by atoms with Gasteiger partial charge in [0, 0.05) is 17.5 Å². The van der Waals surface area contributed by atoms with Crippen LogP contribution in [0.4, 0.5) is 0 Å². The van der Waals surface area contributed by atoms with Crippen LogP contribution in [0.15, 0.2) is 47.4 Å². The molecular formula is C18H21NO2S. The second-order valence-corrected chi connectivity index (χ2v) is 6.87. The predicted octanol–water partition coefficient (Wildman–Crippen LogP) is 3.21. The van der Waals surface area contributed by atoms with Crippen molar-refractivity contribution in [3.8, 4) is 0 Å². The summed E-state index contributed by atoms with van der Waals surface area (Å²) in [5, 5.41) is 14.6. The molecule has 1 aliphatic carbocycles. The normalized spacial score (nSPS) is 15.7. The van der Waals surface area contributed by atoms with Gasteiger partial charge in [-0.2, -0.15) is 0 Å². The third-order valence-electron chi connectivity index (χ3n) is 4.07. The number of nitrogens with one attached hydrogen (secondary N) is 1. The Bertz CT molecular complexity index is 654. The van der Waals surface area contributed by atoms with Crippen LogP contribution in [0.1, 0.15) is 19.3 Å². The molecule has 0 heterocycles.